The van der Waals surface area contributed by atoms with Crippen molar-refractivity contribution in [3.8, 4) is 5.75 Å². The highest BCUT2D eigenvalue weighted by molar-refractivity contribution is 8.00. The summed E-state index contributed by atoms with van der Waals surface area (Å²) in [6.07, 6.45) is 3.44. The maximum Gasteiger partial charge on any atom is 0.168 e. The molecule has 5 rings (SSSR count). The molecule has 0 bridgehead atoms. The molecule has 0 amide bonds. The first kappa shape index (κ1) is 22.2. The van der Waals surface area contributed by atoms with E-state index in [9.17, 15) is 19.7 Å². The standard InChI is InChI=1S/C25H29FO5S/c26-22-11-17-14-30-25(24(29)23(28)12-20(13-27)32-25)21(17)10-16(22)9-15-5-7-19(8-6-15)31-18-3-1-2-4-18/h5-8,10-11,18,20,23-24,27-29H,1-4,9,12-14H2/t20?,23-,24+,25-/m0/s1. The lowest BCUT2D eigenvalue weighted by Gasteiger charge is -2.43. The van der Waals surface area contributed by atoms with Gasteiger partial charge in [-0.1, -0.05) is 12.1 Å². The molecule has 0 radical (unpaired) electrons. The molecule has 1 saturated carbocycles. The molecule has 2 aliphatic heterocycles. The summed E-state index contributed by atoms with van der Waals surface area (Å²) in [6, 6.07) is 11.0. The Kier molecular flexibility index (Phi) is 6.20. The molecule has 3 N–H and O–H groups in total. The third-order valence-corrected chi connectivity index (χ3v) is 8.42. The smallest absolute Gasteiger partial charge is 0.168 e. The number of aliphatic hydroxyl groups excluding tert-OH is 3. The van der Waals surface area contributed by atoms with Crippen molar-refractivity contribution in [1.29, 1.82) is 0 Å². The minimum atomic E-state index is -1.19. The molecule has 32 heavy (non-hydrogen) atoms. The second-order valence-corrected chi connectivity index (χ2v) is 10.6. The third kappa shape index (κ3) is 4.05. The van der Waals surface area contributed by atoms with E-state index >= 15 is 0 Å². The van der Waals surface area contributed by atoms with Crippen LogP contribution in [0.5, 0.6) is 5.75 Å². The largest absolute Gasteiger partial charge is 0.490 e. The molecule has 1 aliphatic carbocycles. The van der Waals surface area contributed by atoms with Crippen LogP contribution in [-0.2, 0) is 22.7 Å². The van der Waals surface area contributed by atoms with E-state index in [1.54, 1.807) is 6.07 Å². The van der Waals surface area contributed by atoms with Crippen LogP contribution in [0.4, 0.5) is 4.39 Å². The zero-order chi connectivity index (χ0) is 22.3. The Balaban J connectivity index is 1.39. The van der Waals surface area contributed by atoms with Gasteiger partial charge in [0.15, 0.2) is 4.93 Å². The van der Waals surface area contributed by atoms with E-state index in [0.717, 1.165) is 24.2 Å². The van der Waals surface area contributed by atoms with Gasteiger partial charge in [0, 0.05) is 17.2 Å². The van der Waals surface area contributed by atoms with Gasteiger partial charge in [0.05, 0.1) is 25.4 Å². The SMILES string of the molecule is OCC1C[C@H](O)[C@@H](O)[C@@]2(OCc3cc(F)c(Cc4ccc(OC5CCCC5)cc4)cc32)S1. The van der Waals surface area contributed by atoms with Crippen LogP contribution in [-0.4, -0.2) is 45.5 Å². The van der Waals surface area contributed by atoms with Crippen LogP contribution in [0.2, 0.25) is 0 Å². The molecule has 0 aromatic heterocycles. The fraction of sp³-hybridized carbons (Fsp3) is 0.520. The minimum Gasteiger partial charge on any atom is -0.490 e. The van der Waals surface area contributed by atoms with E-state index < -0.39 is 17.1 Å². The number of thioether (sulfide) groups is 1. The van der Waals surface area contributed by atoms with Gasteiger partial charge in [0.1, 0.15) is 17.7 Å². The Bertz CT molecular complexity index is 962. The van der Waals surface area contributed by atoms with E-state index in [4.69, 9.17) is 9.47 Å². The second-order valence-electron chi connectivity index (χ2n) is 9.07. The van der Waals surface area contributed by atoms with E-state index in [1.807, 2.05) is 24.3 Å². The highest BCUT2D eigenvalue weighted by atomic mass is 32.2. The Morgan fingerprint density at radius 2 is 1.88 bits per heavy atom. The van der Waals surface area contributed by atoms with Gasteiger partial charge < -0.3 is 24.8 Å². The van der Waals surface area contributed by atoms with Crippen molar-refractivity contribution in [3.05, 3.63) is 64.5 Å². The first-order valence-corrected chi connectivity index (χ1v) is 12.2. The average Bonchev–Trinajstić information content (AvgIpc) is 3.42. The molecule has 4 atom stereocenters. The molecule has 172 valence electrons. The zero-order valence-corrected chi connectivity index (χ0v) is 18.7. The molecule has 1 unspecified atom stereocenters. The number of halogens is 1. The molecule has 7 heteroatoms. The summed E-state index contributed by atoms with van der Waals surface area (Å²) in [5.74, 6) is 0.526. The molecule has 3 aliphatic rings. The lowest BCUT2D eigenvalue weighted by molar-refractivity contribution is -0.115. The van der Waals surface area contributed by atoms with E-state index in [1.165, 1.54) is 30.7 Å². The fourth-order valence-corrected chi connectivity index (χ4v) is 6.68. The van der Waals surface area contributed by atoms with Crippen LogP contribution in [0, 0.1) is 5.82 Å². The Morgan fingerprint density at radius 3 is 2.59 bits per heavy atom. The summed E-state index contributed by atoms with van der Waals surface area (Å²) in [7, 11) is 0. The lowest BCUT2D eigenvalue weighted by atomic mass is 9.92. The Hall–Kier alpha value is -1.64. The monoisotopic (exact) mass is 460 g/mol. The van der Waals surface area contributed by atoms with Crippen molar-refractivity contribution >= 4 is 11.8 Å². The van der Waals surface area contributed by atoms with E-state index in [-0.39, 0.29) is 30.7 Å². The minimum absolute atomic E-state index is 0.127. The summed E-state index contributed by atoms with van der Waals surface area (Å²) >= 11 is 1.31. The average molecular weight is 461 g/mol. The van der Waals surface area contributed by atoms with E-state index in [2.05, 4.69) is 0 Å². The van der Waals surface area contributed by atoms with Crippen molar-refractivity contribution in [2.45, 2.75) is 73.6 Å². The highest BCUT2D eigenvalue weighted by Crippen LogP contribution is 2.54. The normalized spacial score (nSPS) is 30.1. The maximum absolute atomic E-state index is 14.9. The third-order valence-electron chi connectivity index (χ3n) is 6.82. The van der Waals surface area contributed by atoms with Crippen molar-refractivity contribution in [1.82, 2.24) is 0 Å². The number of ether oxygens (including phenoxy) is 2. The van der Waals surface area contributed by atoms with Crippen molar-refractivity contribution in [3.63, 3.8) is 0 Å². The molecule has 2 heterocycles. The summed E-state index contributed by atoms with van der Waals surface area (Å²) in [6.45, 7) is 0.0346. The van der Waals surface area contributed by atoms with Crippen LogP contribution in [0.3, 0.4) is 0 Å². The number of aliphatic hydroxyl groups is 3. The number of fused-ring (bicyclic) bond motifs is 2. The van der Waals surface area contributed by atoms with Crippen LogP contribution in [0.25, 0.3) is 0 Å². The van der Waals surface area contributed by atoms with Crippen molar-refractivity contribution in [2.75, 3.05) is 6.61 Å². The van der Waals surface area contributed by atoms with Gasteiger partial charge in [-0.05, 0) is 73.1 Å². The van der Waals surface area contributed by atoms with Gasteiger partial charge in [0.25, 0.3) is 0 Å². The Labute approximate surface area is 191 Å². The topological polar surface area (TPSA) is 79.2 Å². The second kappa shape index (κ2) is 8.95. The molecular formula is C25H29FO5S. The first-order chi connectivity index (χ1) is 15.5. The number of rotatable bonds is 5. The van der Waals surface area contributed by atoms with Crippen LogP contribution >= 0.6 is 11.8 Å². The van der Waals surface area contributed by atoms with Gasteiger partial charge in [-0.15, -0.1) is 11.8 Å². The lowest BCUT2D eigenvalue weighted by Crippen LogP contribution is -2.51. The number of benzene rings is 2. The molecule has 2 aromatic carbocycles. The molecule has 2 fully saturated rings. The Morgan fingerprint density at radius 1 is 1.12 bits per heavy atom. The van der Waals surface area contributed by atoms with E-state index in [0.29, 0.717) is 29.2 Å². The number of hydrogen-bond donors (Lipinski definition) is 3. The van der Waals surface area contributed by atoms with Gasteiger partial charge in [-0.25, -0.2) is 4.39 Å². The summed E-state index contributed by atoms with van der Waals surface area (Å²) in [5, 5.41) is 30.6. The summed E-state index contributed by atoms with van der Waals surface area (Å²) < 4.78 is 26.9. The van der Waals surface area contributed by atoms with Crippen molar-refractivity contribution < 1.29 is 29.2 Å². The molecule has 1 saturated heterocycles. The van der Waals surface area contributed by atoms with Crippen LogP contribution in [0.15, 0.2) is 36.4 Å². The van der Waals surface area contributed by atoms with Gasteiger partial charge in [0.2, 0.25) is 0 Å². The first-order valence-electron chi connectivity index (χ1n) is 11.3. The fourth-order valence-electron chi connectivity index (χ4n) is 5.08. The molecule has 2 aromatic rings. The highest BCUT2D eigenvalue weighted by Gasteiger charge is 2.54. The van der Waals surface area contributed by atoms with Crippen LogP contribution < -0.4 is 4.74 Å². The summed E-state index contributed by atoms with van der Waals surface area (Å²) in [5.41, 5.74) is 2.82. The summed E-state index contributed by atoms with van der Waals surface area (Å²) in [4.78, 5) is -1.19. The molecule has 1 spiro atoms. The number of hydrogen-bond acceptors (Lipinski definition) is 6. The predicted octanol–water partition coefficient (Wildman–Crippen LogP) is 3.64. The van der Waals surface area contributed by atoms with Gasteiger partial charge in [-0.3, -0.25) is 0 Å². The molecular weight excluding hydrogens is 431 g/mol. The van der Waals surface area contributed by atoms with Gasteiger partial charge in [-0.2, -0.15) is 0 Å². The quantitative estimate of drug-likeness (QED) is 0.632. The van der Waals surface area contributed by atoms with Crippen molar-refractivity contribution in [2.24, 2.45) is 0 Å². The van der Waals surface area contributed by atoms with Crippen LogP contribution in [0.1, 0.15) is 54.4 Å². The predicted molar refractivity (Wildman–Crippen MR) is 120 cm³/mol. The zero-order valence-electron chi connectivity index (χ0n) is 17.9. The van der Waals surface area contributed by atoms with Gasteiger partial charge >= 0.3 is 0 Å². The maximum atomic E-state index is 14.9. The molecule has 5 nitrogen and oxygen atoms in total.